The molecular weight excluding hydrogens is 322 g/mol. The summed E-state index contributed by atoms with van der Waals surface area (Å²) < 4.78 is 6.65. The second kappa shape index (κ2) is 4.84. The first-order valence-electron chi connectivity index (χ1n) is 8.45. The van der Waals surface area contributed by atoms with Crippen LogP contribution in [0.1, 0.15) is 36.1 Å². The minimum Gasteiger partial charge on any atom is -0.345 e. The lowest BCUT2D eigenvalue weighted by atomic mass is 9.90. The van der Waals surface area contributed by atoms with Crippen molar-refractivity contribution in [2.75, 3.05) is 0 Å². The molecule has 0 spiro atoms. The summed E-state index contributed by atoms with van der Waals surface area (Å²) in [7, 11) is 0. The average Bonchev–Trinajstić information content (AvgIpc) is 3.15. The molecule has 0 aromatic heterocycles. The quantitative estimate of drug-likeness (QED) is 0.784. The molecule has 2 aromatic rings. The molecule has 5 rings (SSSR count). The summed E-state index contributed by atoms with van der Waals surface area (Å²) in [4.78, 5) is 14.9. The number of hydrogen-bond donors (Lipinski definition) is 0. The minimum atomic E-state index is -0.662. The molecule has 1 amide bonds. The van der Waals surface area contributed by atoms with Gasteiger partial charge in [-0.15, -0.1) is 0 Å². The first-order chi connectivity index (χ1) is 11.6. The van der Waals surface area contributed by atoms with Gasteiger partial charge in [0.15, 0.2) is 5.72 Å². The number of carbonyl (C=O) groups excluding carboxylic acids is 1. The fourth-order valence-electron chi connectivity index (χ4n) is 4.82. The lowest BCUT2D eigenvalue weighted by Gasteiger charge is -2.37. The Kier molecular flexibility index (Phi) is 2.92. The van der Waals surface area contributed by atoms with Crippen LogP contribution >= 0.6 is 11.6 Å². The van der Waals surface area contributed by atoms with E-state index in [-0.39, 0.29) is 24.0 Å². The van der Waals surface area contributed by atoms with Crippen LogP contribution in [0.25, 0.3) is 0 Å². The molecule has 3 nitrogen and oxygen atoms in total. The Hall–Kier alpha value is -1.84. The minimum absolute atomic E-state index is 0.0225. The predicted molar refractivity (Wildman–Crippen MR) is 91.5 cm³/mol. The Labute approximate surface area is 146 Å². The molecule has 4 heteroatoms. The van der Waals surface area contributed by atoms with Gasteiger partial charge in [-0.05, 0) is 23.3 Å². The fraction of sp³-hybridized carbons (Fsp3) is 0.350. The van der Waals surface area contributed by atoms with Gasteiger partial charge in [0.1, 0.15) is 0 Å². The molecule has 2 saturated heterocycles. The van der Waals surface area contributed by atoms with Crippen molar-refractivity contribution in [2.24, 2.45) is 5.92 Å². The molecule has 2 aromatic carbocycles. The SMILES string of the molecule is C[C@@H]1CC(=O)N2[C@H]3c4ccccc4C[C@@H]3O[C@@]12c1ccc(Cl)cc1. The molecule has 3 aliphatic rings. The zero-order valence-electron chi connectivity index (χ0n) is 13.4. The van der Waals surface area contributed by atoms with Gasteiger partial charge >= 0.3 is 0 Å². The van der Waals surface area contributed by atoms with E-state index in [1.54, 1.807) is 0 Å². The van der Waals surface area contributed by atoms with E-state index in [0.29, 0.717) is 11.4 Å². The molecule has 2 fully saturated rings. The number of carbonyl (C=O) groups is 1. The molecule has 2 aliphatic heterocycles. The molecule has 24 heavy (non-hydrogen) atoms. The largest absolute Gasteiger partial charge is 0.345 e. The highest BCUT2D eigenvalue weighted by Crippen LogP contribution is 2.59. The van der Waals surface area contributed by atoms with Gasteiger partial charge in [0.05, 0.1) is 12.1 Å². The van der Waals surface area contributed by atoms with Crippen molar-refractivity contribution in [1.29, 1.82) is 0 Å². The maximum absolute atomic E-state index is 12.9. The van der Waals surface area contributed by atoms with Gasteiger partial charge in [0.25, 0.3) is 0 Å². The first kappa shape index (κ1) is 14.5. The van der Waals surface area contributed by atoms with Crippen molar-refractivity contribution < 1.29 is 9.53 Å². The van der Waals surface area contributed by atoms with Crippen LogP contribution in [0.3, 0.4) is 0 Å². The van der Waals surface area contributed by atoms with Crippen LogP contribution in [0.15, 0.2) is 48.5 Å². The molecule has 0 radical (unpaired) electrons. The molecule has 0 saturated carbocycles. The highest BCUT2D eigenvalue weighted by Gasteiger charge is 2.64. The summed E-state index contributed by atoms with van der Waals surface area (Å²) in [6, 6.07) is 16.2. The van der Waals surface area contributed by atoms with E-state index in [4.69, 9.17) is 16.3 Å². The number of rotatable bonds is 1. The van der Waals surface area contributed by atoms with Crippen molar-refractivity contribution in [3.63, 3.8) is 0 Å². The number of hydrogen-bond acceptors (Lipinski definition) is 2. The van der Waals surface area contributed by atoms with E-state index in [1.165, 1.54) is 11.1 Å². The summed E-state index contributed by atoms with van der Waals surface area (Å²) in [5, 5.41) is 0.696. The maximum atomic E-state index is 12.9. The smallest absolute Gasteiger partial charge is 0.226 e. The van der Waals surface area contributed by atoms with Gasteiger partial charge in [-0.3, -0.25) is 4.79 Å². The number of fused-ring (bicyclic) bond motifs is 5. The van der Waals surface area contributed by atoms with E-state index in [2.05, 4.69) is 25.1 Å². The van der Waals surface area contributed by atoms with Gasteiger partial charge in [-0.1, -0.05) is 54.9 Å². The third-order valence-corrected chi connectivity index (χ3v) is 6.04. The molecule has 122 valence electrons. The molecule has 0 unspecified atom stereocenters. The second-order valence-corrected chi connectivity index (χ2v) is 7.51. The predicted octanol–water partition coefficient (Wildman–Crippen LogP) is 4.06. The summed E-state index contributed by atoms with van der Waals surface area (Å²) in [6.07, 6.45) is 1.42. The van der Waals surface area contributed by atoms with Crippen LogP contribution in [0, 0.1) is 5.92 Å². The third-order valence-electron chi connectivity index (χ3n) is 5.79. The zero-order valence-corrected chi connectivity index (χ0v) is 14.2. The monoisotopic (exact) mass is 339 g/mol. The lowest BCUT2D eigenvalue weighted by Crippen LogP contribution is -2.43. The fourth-order valence-corrected chi connectivity index (χ4v) is 4.94. The van der Waals surface area contributed by atoms with Crippen molar-refractivity contribution in [3.05, 3.63) is 70.2 Å². The first-order valence-corrected chi connectivity index (χ1v) is 8.83. The summed E-state index contributed by atoms with van der Waals surface area (Å²) >= 11 is 6.07. The Morgan fingerprint density at radius 2 is 1.88 bits per heavy atom. The zero-order chi connectivity index (χ0) is 16.5. The van der Waals surface area contributed by atoms with Crippen molar-refractivity contribution in [1.82, 2.24) is 4.90 Å². The van der Waals surface area contributed by atoms with Gasteiger partial charge in [-0.2, -0.15) is 0 Å². The standard InChI is InChI=1S/C20H18ClNO2/c1-12-10-18(23)22-19-16-5-3-2-4-13(16)11-17(19)24-20(12,22)14-6-8-15(21)9-7-14/h2-9,12,17,19H,10-11H2,1H3/t12-,17+,19+,20-/m1/s1. The topological polar surface area (TPSA) is 29.5 Å². The van der Waals surface area contributed by atoms with Crippen LogP contribution in [0.5, 0.6) is 0 Å². The van der Waals surface area contributed by atoms with E-state index in [9.17, 15) is 4.79 Å². The van der Waals surface area contributed by atoms with Crippen LogP contribution in [0.4, 0.5) is 0 Å². The van der Waals surface area contributed by atoms with E-state index in [0.717, 1.165) is 12.0 Å². The summed E-state index contributed by atoms with van der Waals surface area (Å²) in [6.45, 7) is 2.11. The molecule has 1 aliphatic carbocycles. The Bertz CT molecular complexity index is 834. The highest BCUT2D eigenvalue weighted by molar-refractivity contribution is 6.30. The Morgan fingerprint density at radius 1 is 1.12 bits per heavy atom. The third kappa shape index (κ3) is 1.69. The van der Waals surface area contributed by atoms with E-state index in [1.807, 2.05) is 35.2 Å². The summed E-state index contributed by atoms with van der Waals surface area (Å²) in [5.74, 6) is 0.297. The van der Waals surface area contributed by atoms with Crippen molar-refractivity contribution in [2.45, 2.75) is 37.6 Å². The molecule has 0 N–H and O–H groups in total. The van der Waals surface area contributed by atoms with Crippen molar-refractivity contribution >= 4 is 17.5 Å². The maximum Gasteiger partial charge on any atom is 0.226 e. The van der Waals surface area contributed by atoms with Crippen molar-refractivity contribution in [3.8, 4) is 0 Å². The van der Waals surface area contributed by atoms with Gasteiger partial charge in [0.2, 0.25) is 5.91 Å². The average molecular weight is 340 g/mol. The van der Waals surface area contributed by atoms with Gasteiger partial charge in [-0.25, -0.2) is 0 Å². The number of nitrogens with zero attached hydrogens (tertiary/aromatic N) is 1. The van der Waals surface area contributed by atoms with Crippen LogP contribution in [0.2, 0.25) is 5.02 Å². The lowest BCUT2D eigenvalue weighted by molar-refractivity contribution is -0.147. The van der Waals surface area contributed by atoms with Crippen LogP contribution in [-0.4, -0.2) is 16.9 Å². The Morgan fingerprint density at radius 3 is 2.67 bits per heavy atom. The van der Waals surface area contributed by atoms with Gasteiger partial charge < -0.3 is 9.64 Å². The number of amides is 1. The molecular formula is C20H18ClNO2. The molecule has 4 atom stereocenters. The highest BCUT2D eigenvalue weighted by atomic mass is 35.5. The second-order valence-electron chi connectivity index (χ2n) is 7.08. The van der Waals surface area contributed by atoms with Crippen LogP contribution < -0.4 is 0 Å². The Balaban J connectivity index is 1.68. The van der Waals surface area contributed by atoms with E-state index >= 15 is 0 Å². The molecule has 2 heterocycles. The number of benzene rings is 2. The number of ether oxygens (including phenoxy) is 1. The normalized spacial score (nSPS) is 33.5. The molecule has 0 bridgehead atoms. The van der Waals surface area contributed by atoms with Crippen LogP contribution in [-0.2, 0) is 21.7 Å². The van der Waals surface area contributed by atoms with Gasteiger partial charge in [0, 0.05) is 29.3 Å². The summed E-state index contributed by atoms with van der Waals surface area (Å²) in [5.41, 5.74) is 2.90. The number of halogens is 1. The van der Waals surface area contributed by atoms with E-state index < -0.39 is 5.72 Å².